The second-order valence-electron chi connectivity index (χ2n) is 4.38. The first-order valence-electron chi connectivity index (χ1n) is 5.77. The maximum absolute atomic E-state index is 4.45. The van der Waals surface area contributed by atoms with Crippen LogP contribution >= 0.6 is 11.3 Å². The summed E-state index contributed by atoms with van der Waals surface area (Å²) < 4.78 is 1.22. The third-order valence-electron chi connectivity index (χ3n) is 3.43. The number of anilines is 1. The average molecular weight is 233 g/mol. The van der Waals surface area contributed by atoms with E-state index < -0.39 is 0 Å². The van der Waals surface area contributed by atoms with Crippen molar-refractivity contribution in [2.75, 3.05) is 11.9 Å². The summed E-state index contributed by atoms with van der Waals surface area (Å²) in [4.78, 5) is 11.1. The molecule has 0 amide bonds. The number of thiophene rings is 1. The third-order valence-corrected chi connectivity index (χ3v) is 4.33. The lowest BCUT2D eigenvalue weighted by Gasteiger charge is -2.25. The van der Waals surface area contributed by atoms with Gasteiger partial charge in [0.25, 0.3) is 0 Å². The van der Waals surface area contributed by atoms with E-state index in [0.717, 1.165) is 11.3 Å². The van der Waals surface area contributed by atoms with E-state index in [2.05, 4.69) is 33.4 Å². The standard InChI is InChI=1S/C12H15N3S/c1-15(9-4-2-3-5-9)12-11-10(6-7-16-11)13-8-14-12/h6-9H,2-5H2,1H3. The van der Waals surface area contributed by atoms with Gasteiger partial charge in [0.15, 0.2) is 0 Å². The van der Waals surface area contributed by atoms with E-state index in [1.165, 1.54) is 30.4 Å². The Hall–Kier alpha value is -1.16. The smallest absolute Gasteiger partial charge is 0.150 e. The van der Waals surface area contributed by atoms with E-state index in [-0.39, 0.29) is 0 Å². The molecule has 2 aromatic heterocycles. The lowest BCUT2D eigenvalue weighted by Crippen LogP contribution is -2.29. The van der Waals surface area contributed by atoms with E-state index in [1.54, 1.807) is 17.7 Å². The zero-order chi connectivity index (χ0) is 11.0. The van der Waals surface area contributed by atoms with Crippen LogP contribution in [0.1, 0.15) is 25.7 Å². The van der Waals surface area contributed by atoms with Crippen LogP contribution in [-0.2, 0) is 0 Å². The van der Waals surface area contributed by atoms with Gasteiger partial charge in [-0.2, -0.15) is 0 Å². The van der Waals surface area contributed by atoms with Crippen molar-refractivity contribution in [1.82, 2.24) is 9.97 Å². The van der Waals surface area contributed by atoms with E-state index in [1.807, 2.05) is 0 Å². The lowest BCUT2D eigenvalue weighted by molar-refractivity contribution is 0.648. The topological polar surface area (TPSA) is 29.0 Å². The van der Waals surface area contributed by atoms with E-state index in [9.17, 15) is 0 Å². The van der Waals surface area contributed by atoms with Crippen LogP contribution in [-0.4, -0.2) is 23.1 Å². The Kier molecular flexibility index (Phi) is 2.52. The third kappa shape index (κ3) is 1.57. The molecular weight excluding hydrogens is 218 g/mol. The van der Waals surface area contributed by atoms with Crippen molar-refractivity contribution in [3.63, 3.8) is 0 Å². The fraction of sp³-hybridized carbons (Fsp3) is 0.500. The highest BCUT2D eigenvalue weighted by molar-refractivity contribution is 7.17. The molecule has 0 unspecified atom stereocenters. The molecule has 1 aliphatic carbocycles. The number of rotatable bonds is 2. The van der Waals surface area contributed by atoms with E-state index >= 15 is 0 Å². The van der Waals surface area contributed by atoms with Crippen LogP contribution in [0.3, 0.4) is 0 Å². The molecule has 2 heterocycles. The summed E-state index contributed by atoms with van der Waals surface area (Å²) in [6.45, 7) is 0. The molecule has 16 heavy (non-hydrogen) atoms. The Balaban J connectivity index is 2.00. The minimum atomic E-state index is 0.667. The molecule has 0 radical (unpaired) electrons. The monoisotopic (exact) mass is 233 g/mol. The van der Waals surface area contributed by atoms with Gasteiger partial charge in [-0.1, -0.05) is 12.8 Å². The number of aromatic nitrogens is 2. The predicted octanol–water partition coefficient (Wildman–Crippen LogP) is 3.07. The molecule has 0 spiro atoms. The Morgan fingerprint density at radius 3 is 2.94 bits per heavy atom. The molecule has 0 bridgehead atoms. The predicted molar refractivity (Wildman–Crippen MR) is 68.1 cm³/mol. The SMILES string of the molecule is CN(c1ncnc2ccsc12)C1CCCC1. The second-order valence-corrected chi connectivity index (χ2v) is 5.30. The molecule has 0 saturated heterocycles. The summed E-state index contributed by atoms with van der Waals surface area (Å²) in [6.07, 6.45) is 6.98. The van der Waals surface area contributed by atoms with Crippen molar-refractivity contribution in [3.8, 4) is 0 Å². The Morgan fingerprint density at radius 2 is 2.12 bits per heavy atom. The number of hydrogen-bond donors (Lipinski definition) is 0. The van der Waals surface area contributed by atoms with Crippen molar-refractivity contribution in [2.45, 2.75) is 31.7 Å². The van der Waals surface area contributed by atoms with Gasteiger partial charge in [0, 0.05) is 13.1 Å². The molecule has 1 aliphatic rings. The summed E-state index contributed by atoms with van der Waals surface area (Å²) in [5.74, 6) is 1.10. The molecule has 4 heteroatoms. The molecule has 3 nitrogen and oxygen atoms in total. The molecule has 1 fully saturated rings. The van der Waals surface area contributed by atoms with Gasteiger partial charge in [0.1, 0.15) is 12.1 Å². The van der Waals surface area contributed by atoms with Crippen molar-refractivity contribution >= 4 is 27.4 Å². The van der Waals surface area contributed by atoms with Gasteiger partial charge in [-0.15, -0.1) is 11.3 Å². The summed E-state index contributed by atoms with van der Waals surface area (Å²) in [5, 5.41) is 2.09. The van der Waals surface area contributed by atoms with Crippen LogP contribution in [0.25, 0.3) is 10.2 Å². The zero-order valence-electron chi connectivity index (χ0n) is 9.39. The molecule has 0 atom stereocenters. The van der Waals surface area contributed by atoms with Gasteiger partial charge in [0.2, 0.25) is 0 Å². The maximum Gasteiger partial charge on any atom is 0.150 e. The van der Waals surface area contributed by atoms with E-state index in [0.29, 0.717) is 6.04 Å². The summed E-state index contributed by atoms with van der Waals surface area (Å²) in [7, 11) is 2.16. The highest BCUT2D eigenvalue weighted by Gasteiger charge is 2.22. The maximum atomic E-state index is 4.45. The molecule has 2 aromatic rings. The number of hydrogen-bond acceptors (Lipinski definition) is 4. The van der Waals surface area contributed by atoms with Gasteiger partial charge in [0.05, 0.1) is 10.2 Å². The fourth-order valence-electron chi connectivity index (χ4n) is 2.49. The molecule has 0 N–H and O–H groups in total. The van der Waals surface area contributed by atoms with Crippen LogP contribution in [0.4, 0.5) is 5.82 Å². The second kappa shape index (κ2) is 4.01. The minimum absolute atomic E-state index is 0.667. The first-order chi connectivity index (χ1) is 7.86. The molecule has 0 aliphatic heterocycles. The van der Waals surface area contributed by atoms with Crippen LogP contribution in [0.2, 0.25) is 0 Å². The Bertz CT molecular complexity index is 488. The minimum Gasteiger partial charge on any atom is -0.355 e. The first-order valence-corrected chi connectivity index (χ1v) is 6.65. The normalized spacial score (nSPS) is 17.1. The summed E-state index contributed by atoms with van der Waals surface area (Å²) >= 11 is 1.73. The van der Waals surface area contributed by atoms with Gasteiger partial charge in [-0.25, -0.2) is 9.97 Å². The average Bonchev–Trinajstić information content (AvgIpc) is 2.98. The quantitative estimate of drug-likeness (QED) is 0.798. The molecule has 3 rings (SSSR count). The molecular formula is C12H15N3S. The zero-order valence-corrected chi connectivity index (χ0v) is 10.2. The summed E-state index contributed by atoms with van der Waals surface area (Å²) in [6, 6.07) is 2.73. The van der Waals surface area contributed by atoms with Crippen molar-refractivity contribution in [2.24, 2.45) is 0 Å². The van der Waals surface area contributed by atoms with Gasteiger partial charge in [-0.05, 0) is 24.3 Å². The van der Waals surface area contributed by atoms with Gasteiger partial charge in [-0.3, -0.25) is 0 Å². The Labute approximate surface area is 99.1 Å². The van der Waals surface area contributed by atoms with Crippen LogP contribution in [0.15, 0.2) is 17.8 Å². The lowest BCUT2D eigenvalue weighted by atomic mass is 10.2. The number of nitrogens with zero attached hydrogens (tertiary/aromatic N) is 3. The Morgan fingerprint density at radius 1 is 1.31 bits per heavy atom. The summed E-state index contributed by atoms with van der Waals surface area (Å²) in [5.41, 5.74) is 1.07. The van der Waals surface area contributed by atoms with Crippen molar-refractivity contribution in [1.29, 1.82) is 0 Å². The van der Waals surface area contributed by atoms with Gasteiger partial charge >= 0.3 is 0 Å². The van der Waals surface area contributed by atoms with Crippen LogP contribution in [0.5, 0.6) is 0 Å². The molecule has 0 aromatic carbocycles. The molecule has 1 saturated carbocycles. The van der Waals surface area contributed by atoms with E-state index in [4.69, 9.17) is 0 Å². The highest BCUT2D eigenvalue weighted by atomic mass is 32.1. The largest absolute Gasteiger partial charge is 0.355 e. The van der Waals surface area contributed by atoms with Crippen molar-refractivity contribution < 1.29 is 0 Å². The van der Waals surface area contributed by atoms with Crippen LogP contribution < -0.4 is 4.90 Å². The highest BCUT2D eigenvalue weighted by Crippen LogP contribution is 2.32. The van der Waals surface area contributed by atoms with Gasteiger partial charge < -0.3 is 4.90 Å². The first kappa shape index (κ1) is 10.0. The number of fused-ring (bicyclic) bond motifs is 1. The van der Waals surface area contributed by atoms with Crippen molar-refractivity contribution in [3.05, 3.63) is 17.8 Å². The fourth-order valence-corrected chi connectivity index (χ4v) is 3.37. The molecule has 84 valence electrons. The van der Waals surface area contributed by atoms with Crippen LogP contribution in [0, 0.1) is 0 Å².